The molecule has 0 spiro atoms. The number of benzene rings is 2. The predicted molar refractivity (Wildman–Crippen MR) is 134 cm³/mol. The molecule has 0 unspecified atom stereocenters. The van der Waals surface area contributed by atoms with Gasteiger partial charge in [0.15, 0.2) is 0 Å². The summed E-state index contributed by atoms with van der Waals surface area (Å²) < 4.78 is 7.31. The first-order chi connectivity index (χ1) is 17.2. The Hall–Kier alpha value is -4.52. The highest BCUT2D eigenvalue weighted by Crippen LogP contribution is 2.25. The van der Waals surface area contributed by atoms with Crippen LogP contribution in [0.15, 0.2) is 91.4 Å². The number of ether oxygens (including phenoxy) is 1. The van der Waals surface area contributed by atoms with E-state index in [0.717, 1.165) is 41.0 Å². The molecular formula is C28H24N4O3. The molecule has 2 aromatic heterocycles. The second kappa shape index (κ2) is 10.2. The van der Waals surface area contributed by atoms with E-state index in [9.17, 15) is 9.59 Å². The third-order valence-electron chi connectivity index (χ3n) is 5.75. The van der Waals surface area contributed by atoms with Crippen LogP contribution < -0.4 is 9.64 Å². The lowest BCUT2D eigenvalue weighted by atomic mass is 10.1. The normalized spacial score (nSPS) is 13.5. The summed E-state index contributed by atoms with van der Waals surface area (Å²) in [7, 11) is 0. The summed E-state index contributed by atoms with van der Waals surface area (Å²) in [5.74, 6) is 0.0418. The smallest absolute Gasteiger partial charge is 0.336 e. The maximum absolute atomic E-state index is 12.5. The van der Waals surface area contributed by atoms with E-state index in [1.165, 1.54) is 6.08 Å². The van der Waals surface area contributed by atoms with Gasteiger partial charge in [-0.3, -0.25) is 14.5 Å². The molecule has 7 nitrogen and oxygen atoms in total. The Bertz CT molecular complexity index is 1350. The number of esters is 1. The molecule has 1 aliphatic heterocycles. The zero-order valence-corrected chi connectivity index (χ0v) is 19.1. The van der Waals surface area contributed by atoms with Gasteiger partial charge >= 0.3 is 5.97 Å². The minimum atomic E-state index is -0.497. The van der Waals surface area contributed by atoms with Crippen molar-refractivity contribution in [2.24, 2.45) is 0 Å². The van der Waals surface area contributed by atoms with Crippen molar-refractivity contribution < 1.29 is 14.3 Å². The average Bonchev–Trinajstić information content (AvgIpc) is 3.50. The second-order valence-electron chi connectivity index (χ2n) is 8.26. The van der Waals surface area contributed by atoms with Crippen LogP contribution in [0.4, 0.5) is 5.69 Å². The van der Waals surface area contributed by atoms with Crippen LogP contribution in [0, 0.1) is 0 Å². The third-order valence-corrected chi connectivity index (χ3v) is 5.75. The van der Waals surface area contributed by atoms with Gasteiger partial charge in [-0.2, -0.15) is 5.10 Å². The number of carbonyl (C=O) groups excluding carboxylic acids is 2. The molecule has 0 N–H and O–H groups in total. The average molecular weight is 465 g/mol. The molecule has 35 heavy (non-hydrogen) atoms. The first-order valence-corrected chi connectivity index (χ1v) is 11.5. The highest BCUT2D eigenvalue weighted by Gasteiger charge is 2.21. The van der Waals surface area contributed by atoms with E-state index < -0.39 is 5.97 Å². The van der Waals surface area contributed by atoms with E-state index in [0.29, 0.717) is 18.7 Å². The largest absolute Gasteiger partial charge is 0.423 e. The summed E-state index contributed by atoms with van der Waals surface area (Å²) in [5.41, 5.74) is 4.32. The lowest BCUT2D eigenvalue weighted by molar-refractivity contribution is -0.129. The van der Waals surface area contributed by atoms with Crippen LogP contribution in [-0.4, -0.2) is 33.2 Å². The number of nitrogens with zero attached hydrogens (tertiary/aromatic N) is 4. The standard InChI is InChI=1S/C28H24N4O3/c33-26-9-5-17-32(26)24-11-13-25(14-12-24)35-27(34)15-10-23-20-31(19-21-6-2-1-3-7-21)30-28(23)22-8-4-16-29-18-22/h1-4,6-8,10-16,18,20H,5,9,17,19H2/b15-10+. The van der Waals surface area contributed by atoms with Gasteiger partial charge in [-0.15, -0.1) is 0 Å². The van der Waals surface area contributed by atoms with Gasteiger partial charge < -0.3 is 9.64 Å². The summed E-state index contributed by atoms with van der Waals surface area (Å²) >= 11 is 0. The monoisotopic (exact) mass is 464 g/mol. The van der Waals surface area contributed by atoms with Gasteiger partial charge in [-0.25, -0.2) is 4.79 Å². The molecule has 1 saturated heterocycles. The number of hydrogen-bond acceptors (Lipinski definition) is 5. The van der Waals surface area contributed by atoms with Crippen molar-refractivity contribution in [2.75, 3.05) is 11.4 Å². The number of anilines is 1. The van der Waals surface area contributed by atoms with Crippen LogP contribution in [0.25, 0.3) is 17.3 Å². The fourth-order valence-corrected chi connectivity index (χ4v) is 4.06. The van der Waals surface area contributed by atoms with Crippen LogP contribution in [0.1, 0.15) is 24.0 Å². The molecule has 3 heterocycles. The Labute approximate surface area is 203 Å². The molecule has 7 heteroatoms. The van der Waals surface area contributed by atoms with E-state index >= 15 is 0 Å². The summed E-state index contributed by atoms with van der Waals surface area (Å²) in [5, 5.41) is 4.73. The van der Waals surface area contributed by atoms with Gasteiger partial charge in [0.1, 0.15) is 11.4 Å². The van der Waals surface area contributed by atoms with Crippen LogP contribution in [0.2, 0.25) is 0 Å². The van der Waals surface area contributed by atoms with Crippen LogP contribution in [0.5, 0.6) is 5.75 Å². The summed E-state index contributed by atoms with van der Waals surface area (Å²) in [6, 6.07) is 20.8. The van der Waals surface area contributed by atoms with Crippen LogP contribution in [-0.2, 0) is 16.1 Å². The molecule has 174 valence electrons. The number of amides is 1. The van der Waals surface area contributed by atoms with Gasteiger partial charge in [0.25, 0.3) is 0 Å². The Morgan fingerprint density at radius 3 is 2.57 bits per heavy atom. The quantitative estimate of drug-likeness (QED) is 0.224. The number of hydrogen-bond donors (Lipinski definition) is 0. The molecule has 0 radical (unpaired) electrons. The number of rotatable bonds is 7. The molecule has 0 aliphatic carbocycles. The first-order valence-electron chi connectivity index (χ1n) is 11.5. The first kappa shape index (κ1) is 22.3. The molecule has 0 bridgehead atoms. The zero-order chi connectivity index (χ0) is 24.0. The molecule has 1 amide bonds. The molecular weight excluding hydrogens is 440 g/mol. The predicted octanol–water partition coefficient (Wildman–Crippen LogP) is 4.74. The maximum Gasteiger partial charge on any atom is 0.336 e. The Kier molecular flexibility index (Phi) is 6.48. The van der Waals surface area contributed by atoms with Gasteiger partial charge in [-0.1, -0.05) is 30.3 Å². The van der Waals surface area contributed by atoms with Gasteiger partial charge in [0.2, 0.25) is 5.91 Å². The second-order valence-corrected chi connectivity index (χ2v) is 8.26. The molecule has 1 aliphatic rings. The summed E-state index contributed by atoms with van der Waals surface area (Å²) in [6.45, 7) is 1.33. The Morgan fingerprint density at radius 1 is 1.03 bits per heavy atom. The Balaban J connectivity index is 1.31. The van der Waals surface area contributed by atoms with Crippen molar-refractivity contribution in [3.63, 3.8) is 0 Å². The van der Waals surface area contributed by atoms with Crippen molar-refractivity contribution in [1.82, 2.24) is 14.8 Å². The van der Waals surface area contributed by atoms with Crippen molar-refractivity contribution in [3.8, 4) is 17.0 Å². The SMILES string of the molecule is O=C(/C=C/c1cn(Cc2ccccc2)nc1-c1cccnc1)Oc1ccc(N2CCCC2=O)cc1. The van der Waals surface area contributed by atoms with Gasteiger partial charge in [0, 0.05) is 54.4 Å². The molecule has 1 fully saturated rings. The molecule has 2 aromatic carbocycles. The fraction of sp³-hybridized carbons (Fsp3) is 0.143. The fourth-order valence-electron chi connectivity index (χ4n) is 4.06. The summed E-state index contributed by atoms with van der Waals surface area (Å²) in [6.07, 6.45) is 9.90. The zero-order valence-electron chi connectivity index (χ0n) is 19.1. The van der Waals surface area contributed by atoms with Crippen LogP contribution >= 0.6 is 0 Å². The number of aromatic nitrogens is 3. The minimum absolute atomic E-state index is 0.120. The molecule has 5 rings (SSSR count). The molecule has 4 aromatic rings. The number of pyridine rings is 1. The summed E-state index contributed by atoms with van der Waals surface area (Å²) in [4.78, 5) is 30.4. The third kappa shape index (κ3) is 5.35. The lowest BCUT2D eigenvalue weighted by Crippen LogP contribution is -2.23. The molecule has 0 saturated carbocycles. The van der Waals surface area contributed by atoms with E-state index in [-0.39, 0.29) is 5.91 Å². The highest BCUT2D eigenvalue weighted by molar-refractivity contribution is 5.95. The van der Waals surface area contributed by atoms with E-state index in [1.807, 2.05) is 53.3 Å². The van der Waals surface area contributed by atoms with Crippen molar-refractivity contribution in [3.05, 3.63) is 103 Å². The van der Waals surface area contributed by atoms with Crippen molar-refractivity contribution in [2.45, 2.75) is 19.4 Å². The van der Waals surface area contributed by atoms with Gasteiger partial charge in [-0.05, 0) is 54.5 Å². The minimum Gasteiger partial charge on any atom is -0.423 e. The van der Waals surface area contributed by atoms with Crippen molar-refractivity contribution in [1.29, 1.82) is 0 Å². The van der Waals surface area contributed by atoms with Crippen LogP contribution in [0.3, 0.4) is 0 Å². The number of carbonyl (C=O) groups is 2. The van der Waals surface area contributed by atoms with E-state index in [2.05, 4.69) is 4.98 Å². The lowest BCUT2D eigenvalue weighted by Gasteiger charge is -2.15. The van der Waals surface area contributed by atoms with Crippen molar-refractivity contribution >= 4 is 23.6 Å². The van der Waals surface area contributed by atoms with Gasteiger partial charge in [0.05, 0.1) is 6.54 Å². The topological polar surface area (TPSA) is 77.3 Å². The maximum atomic E-state index is 12.5. The van der Waals surface area contributed by atoms with E-state index in [1.54, 1.807) is 47.6 Å². The van der Waals surface area contributed by atoms with E-state index in [4.69, 9.17) is 9.84 Å². The Morgan fingerprint density at radius 2 is 1.86 bits per heavy atom. The molecule has 0 atom stereocenters. The highest BCUT2D eigenvalue weighted by atomic mass is 16.5.